The predicted molar refractivity (Wildman–Crippen MR) is 79.4 cm³/mol. The number of hydrogen-bond acceptors (Lipinski definition) is 4. The third-order valence-corrected chi connectivity index (χ3v) is 3.13. The van der Waals surface area contributed by atoms with Gasteiger partial charge in [0.25, 0.3) is 0 Å². The molecule has 1 N–H and O–H groups in total. The SMILES string of the molecule is CCN(Cc1ccccc1CC(=O)OC)CC(C)(C)O. The molecule has 4 heteroatoms. The molecule has 0 unspecified atom stereocenters. The van der Waals surface area contributed by atoms with E-state index in [2.05, 4.69) is 11.8 Å². The molecule has 0 radical (unpaired) electrons. The van der Waals surface area contributed by atoms with Crippen LogP contribution in [0.3, 0.4) is 0 Å². The van der Waals surface area contributed by atoms with Crippen molar-refractivity contribution in [2.45, 2.75) is 39.3 Å². The number of benzene rings is 1. The molecule has 0 fully saturated rings. The third kappa shape index (κ3) is 5.72. The van der Waals surface area contributed by atoms with Gasteiger partial charge in [0.15, 0.2) is 0 Å². The number of hydrogen-bond donors (Lipinski definition) is 1. The van der Waals surface area contributed by atoms with Crippen LogP contribution in [0.15, 0.2) is 24.3 Å². The number of carbonyl (C=O) groups excluding carboxylic acids is 1. The lowest BCUT2D eigenvalue weighted by atomic mass is 10.0. The molecule has 0 saturated heterocycles. The van der Waals surface area contributed by atoms with Crippen molar-refractivity contribution >= 4 is 5.97 Å². The van der Waals surface area contributed by atoms with Crippen LogP contribution in [0, 0.1) is 0 Å². The molecule has 1 rings (SSSR count). The van der Waals surface area contributed by atoms with Crippen molar-refractivity contribution in [2.24, 2.45) is 0 Å². The number of esters is 1. The lowest BCUT2D eigenvalue weighted by Crippen LogP contribution is -2.38. The van der Waals surface area contributed by atoms with Gasteiger partial charge in [-0.2, -0.15) is 0 Å². The Hall–Kier alpha value is -1.39. The molecule has 1 aromatic carbocycles. The van der Waals surface area contributed by atoms with Gasteiger partial charge in [-0.1, -0.05) is 31.2 Å². The number of methoxy groups -OCH3 is 1. The number of rotatable bonds is 7. The lowest BCUT2D eigenvalue weighted by molar-refractivity contribution is -0.139. The van der Waals surface area contributed by atoms with Crippen LogP contribution in [0.2, 0.25) is 0 Å². The molecule has 4 nitrogen and oxygen atoms in total. The summed E-state index contributed by atoms with van der Waals surface area (Å²) in [6.07, 6.45) is 0.284. The van der Waals surface area contributed by atoms with E-state index >= 15 is 0 Å². The summed E-state index contributed by atoms with van der Waals surface area (Å²) in [4.78, 5) is 13.6. The van der Waals surface area contributed by atoms with E-state index < -0.39 is 5.60 Å². The van der Waals surface area contributed by atoms with E-state index in [1.807, 2.05) is 24.3 Å². The summed E-state index contributed by atoms with van der Waals surface area (Å²) < 4.78 is 4.73. The zero-order chi connectivity index (χ0) is 15.2. The Balaban J connectivity index is 2.82. The smallest absolute Gasteiger partial charge is 0.309 e. The van der Waals surface area contributed by atoms with E-state index in [1.54, 1.807) is 13.8 Å². The van der Waals surface area contributed by atoms with E-state index in [1.165, 1.54) is 7.11 Å². The first-order chi connectivity index (χ1) is 9.35. The predicted octanol–water partition coefficient (Wildman–Crippen LogP) is 1.99. The highest BCUT2D eigenvalue weighted by Gasteiger charge is 2.18. The molecule has 0 bridgehead atoms. The summed E-state index contributed by atoms with van der Waals surface area (Å²) in [5.74, 6) is -0.233. The second kappa shape index (κ2) is 7.41. The van der Waals surface area contributed by atoms with Crippen LogP contribution in [0.5, 0.6) is 0 Å². The molecule has 0 aliphatic heterocycles. The summed E-state index contributed by atoms with van der Waals surface area (Å²) >= 11 is 0. The molecule has 0 aromatic heterocycles. The minimum Gasteiger partial charge on any atom is -0.469 e. The Morgan fingerprint density at radius 3 is 2.40 bits per heavy atom. The van der Waals surface area contributed by atoms with Gasteiger partial charge in [0.05, 0.1) is 19.1 Å². The molecule has 0 aliphatic rings. The largest absolute Gasteiger partial charge is 0.469 e. The van der Waals surface area contributed by atoms with Crippen molar-refractivity contribution in [3.63, 3.8) is 0 Å². The Kier molecular flexibility index (Phi) is 6.17. The van der Waals surface area contributed by atoms with Crippen molar-refractivity contribution in [3.8, 4) is 0 Å². The van der Waals surface area contributed by atoms with Gasteiger partial charge < -0.3 is 9.84 Å². The maximum absolute atomic E-state index is 11.4. The first kappa shape index (κ1) is 16.7. The maximum Gasteiger partial charge on any atom is 0.309 e. The highest BCUT2D eigenvalue weighted by Crippen LogP contribution is 2.15. The summed E-state index contributed by atoms with van der Waals surface area (Å²) in [6.45, 7) is 7.82. The fraction of sp³-hybridized carbons (Fsp3) is 0.562. The van der Waals surface area contributed by atoms with Crippen molar-refractivity contribution in [3.05, 3.63) is 35.4 Å². The highest BCUT2D eigenvalue weighted by atomic mass is 16.5. The number of likely N-dealkylation sites (N-methyl/N-ethyl adjacent to an activating group) is 1. The Morgan fingerprint density at radius 2 is 1.90 bits per heavy atom. The summed E-state index contributed by atoms with van der Waals surface area (Å²) in [6, 6.07) is 7.86. The molecule has 0 amide bonds. The normalized spacial score (nSPS) is 11.7. The molecule has 0 atom stereocenters. The minimum atomic E-state index is -0.729. The number of aliphatic hydroxyl groups is 1. The Labute approximate surface area is 121 Å². The van der Waals surface area contributed by atoms with Gasteiger partial charge in [-0.15, -0.1) is 0 Å². The van der Waals surface area contributed by atoms with Gasteiger partial charge in [0.2, 0.25) is 0 Å². The fourth-order valence-electron chi connectivity index (χ4n) is 2.18. The summed E-state index contributed by atoms with van der Waals surface area (Å²) in [7, 11) is 1.40. The van der Waals surface area contributed by atoms with Crippen LogP contribution in [0.25, 0.3) is 0 Å². The monoisotopic (exact) mass is 279 g/mol. The van der Waals surface area contributed by atoms with Gasteiger partial charge in [-0.3, -0.25) is 9.69 Å². The minimum absolute atomic E-state index is 0.233. The van der Waals surface area contributed by atoms with E-state index in [4.69, 9.17) is 4.74 Å². The third-order valence-electron chi connectivity index (χ3n) is 3.13. The summed E-state index contributed by atoms with van der Waals surface area (Å²) in [5.41, 5.74) is 1.35. The molecule has 0 saturated carbocycles. The quantitative estimate of drug-likeness (QED) is 0.776. The van der Waals surface area contributed by atoms with E-state index in [-0.39, 0.29) is 12.4 Å². The molecule has 0 aliphatic carbocycles. The van der Waals surface area contributed by atoms with Gasteiger partial charge in [-0.25, -0.2) is 0 Å². The first-order valence-electron chi connectivity index (χ1n) is 6.94. The van der Waals surface area contributed by atoms with Crippen LogP contribution < -0.4 is 0 Å². The topological polar surface area (TPSA) is 49.8 Å². The molecular formula is C16H25NO3. The molecule has 1 aromatic rings. The van der Waals surface area contributed by atoms with Crippen molar-refractivity contribution in [1.29, 1.82) is 0 Å². The van der Waals surface area contributed by atoms with Gasteiger partial charge >= 0.3 is 5.97 Å². The van der Waals surface area contributed by atoms with Gasteiger partial charge in [0.1, 0.15) is 0 Å². The first-order valence-corrected chi connectivity index (χ1v) is 6.94. The van der Waals surface area contributed by atoms with Crippen molar-refractivity contribution in [1.82, 2.24) is 4.90 Å². The standard InChI is InChI=1S/C16H25NO3/c1-5-17(12-16(2,3)19)11-14-9-7-6-8-13(14)10-15(18)20-4/h6-9,19H,5,10-12H2,1-4H3. The Bertz CT molecular complexity index is 438. The van der Waals surface area contributed by atoms with E-state index in [0.29, 0.717) is 13.1 Å². The van der Waals surface area contributed by atoms with Gasteiger partial charge in [0, 0.05) is 13.1 Å². The molecular weight excluding hydrogens is 254 g/mol. The molecule has 0 heterocycles. The van der Waals surface area contributed by atoms with Crippen LogP contribution in [-0.4, -0.2) is 41.8 Å². The summed E-state index contributed by atoms with van der Waals surface area (Å²) in [5, 5.41) is 9.93. The zero-order valence-corrected chi connectivity index (χ0v) is 12.8. The van der Waals surface area contributed by atoms with Crippen LogP contribution >= 0.6 is 0 Å². The Morgan fingerprint density at radius 1 is 1.30 bits per heavy atom. The second-order valence-electron chi connectivity index (χ2n) is 5.64. The van der Waals surface area contributed by atoms with E-state index in [9.17, 15) is 9.90 Å². The second-order valence-corrected chi connectivity index (χ2v) is 5.64. The maximum atomic E-state index is 11.4. The average Bonchev–Trinajstić information content (AvgIpc) is 2.38. The number of carbonyl (C=O) groups is 1. The van der Waals surface area contributed by atoms with Crippen LogP contribution in [0.1, 0.15) is 31.9 Å². The highest BCUT2D eigenvalue weighted by molar-refractivity contribution is 5.72. The molecule has 112 valence electrons. The van der Waals surface area contributed by atoms with Crippen LogP contribution in [-0.2, 0) is 22.5 Å². The fourth-order valence-corrected chi connectivity index (χ4v) is 2.18. The number of nitrogens with zero attached hydrogens (tertiary/aromatic N) is 1. The lowest BCUT2D eigenvalue weighted by Gasteiger charge is -2.28. The van der Waals surface area contributed by atoms with Crippen molar-refractivity contribution in [2.75, 3.05) is 20.2 Å². The average molecular weight is 279 g/mol. The van der Waals surface area contributed by atoms with Crippen LogP contribution in [0.4, 0.5) is 0 Å². The van der Waals surface area contributed by atoms with Gasteiger partial charge in [-0.05, 0) is 31.5 Å². The molecule has 20 heavy (non-hydrogen) atoms. The molecule has 0 spiro atoms. The number of ether oxygens (including phenoxy) is 1. The van der Waals surface area contributed by atoms with Crippen molar-refractivity contribution < 1.29 is 14.6 Å². The zero-order valence-electron chi connectivity index (χ0n) is 12.8. The van der Waals surface area contributed by atoms with E-state index in [0.717, 1.165) is 17.7 Å².